The lowest BCUT2D eigenvalue weighted by Gasteiger charge is -2.28. The molecule has 0 unspecified atom stereocenters. The van der Waals surface area contributed by atoms with Crippen molar-refractivity contribution in [1.82, 2.24) is 15.1 Å². The zero-order valence-electron chi connectivity index (χ0n) is 12.2. The second-order valence-electron chi connectivity index (χ2n) is 5.66. The Morgan fingerprint density at radius 1 is 1.30 bits per heavy atom. The Morgan fingerprint density at radius 2 is 2.00 bits per heavy atom. The summed E-state index contributed by atoms with van der Waals surface area (Å²) in [5.41, 5.74) is 0. The molecule has 0 atom stereocenters. The molecular weight excluding hydrogens is 271 g/mol. The predicted octanol–water partition coefficient (Wildman–Crippen LogP) is 1.33. The fourth-order valence-electron chi connectivity index (χ4n) is 2.26. The fourth-order valence-corrected chi connectivity index (χ4v) is 2.26. The van der Waals surface area contributed by atoms with E-state index in [9.17, 15) is 18.0 Å². The van der Waals surface area contributed by atoms with Crippen LogP contribution in [0.4, 0.5) is 13.2 Å². The summed E-state index contributed by atoms with van der Waals surface area (Å²) < 4.78 is 37.6. The number of halogens is 3. The maximum atomic E-state index is 12.5. The minimum atomic E-state index is -4.34. The number of hydrogen-bond acceptors (Lipinski definition) is 3. The van der Waals surface area contributed by atoms with Gasteiger partial charge in [-0.2, -0.15) is 13.2 Å². The molecule has 20 heavy (non-hydrogen) atoms. The van der Waals surface area contributed by atoms with Gasteiger partial charge in [-0.3, -0.25) is 9.69 Å². The molecule has 1 saturated heterocycles. The normalized spacial score (nSPS) is 18.1. The summed E-state index contributed by atoms with van der Waals surface area (Å²) in [6.07, 6.45) is -3.43. The van der Waals surface area contributed by atoms with Crippen molar-refractivity contribution in [3.63, 3.8) is 0 Å². The predicted molar refractivity (Wildman–Crippen MR) is 71.4 cm³/mol. The molecular formula is C13H24F3N3O. The molecule has 1 heterocycles. The van der Waals surface area contributed by atoms with E-state index in [0.717, 1.165) is 31.0 Å². The smallest absolute Gasteiger partial charge is 0.332 e. The maximum Gasteiger partial charge on any atom is 0.406 e. The zero-order valence-corrected chi connectivity index (χ0v) is 12.2. The Hall–Kier alpha value is -0.820. The zero-order chi connectivity index (χ0) is 15.2. The number of carbonyl (C=O) groups excluding carboxylic acids is 1. The van der Waals surface area contributed by atoms with Gasteiger partial charge in [0, 0.05) is 19.6 Å². The quantitative estimate of drug-likeness (QED) is 0.831. The van der Waals surface area contributed by atoms with Gasteiger partial charge >= 0.3 is 6.18 Å². The number of amides is 1. The van der Waals surface area contributed by atoms with Crippen molar-refractivity contribution >= 4 is 5.91 Å². The average Bonchev–Trinajstić information content (AvgIpc) is 2.54. The minimum Gasteiger partial charge on any atom is -0.332 e. The molecule has 1 aliphatic heterocycles. The van der Waals surface area contributed by atoms with Gasteiger partial charge in [-0.25, -0.2) is 0 Å². The molecule has 7 heteroatoms. The van der Waals surface area contributed by atoms with E-state index in [4.69, 9.17) is 0 Å². The molecule has 1 amide bonds. The largest absolute Gasteiger partial charge is 0.406 e. The molecule has 1 fully saturated rings. The van der Waals surface area contributed by atoms with Crippen LogP contribution in [-0.2, 0) is 4.79 Å². The van der Waals surface area contributed by atoms with E-state index in [1.807, 2.05) is 18.7 Å². The third-order valence-electron chi connectivity index (χ3n) is 3.10. The van der Waals surface area contributed by atoms with Crippen LogP contribution in [0.15, 0.2) is 0 Å². The molecule has 0 spiro atoms. The van der Waals surface area contributed by atoms with Crippen LogP contribution in [0.5, 0.6) is 0 Å². The number of nitrogens with zero attached hydrogens (tertiary/aromatic N) is 2. The van der Waals surface area contributed by atoms with Gasteiger partial charge in [-0.15, -0.1) is 0 Å². The first-order valence-corrected chi connectivity index (χ1v) is 7.05. The molecule has 0 aromatic carbocycles. The molecule has 1 rings (SSSR count). The molecule has 1 aliphatic rings. The summed E-state index contributed by atoms with van der Waals surface area (Å²) in [7, 11) is 0. The summed E-state index contributed by atoms with van der Waals surface area (Å²) in [4.78, 5) is 15.0. The molecule has 0 aliphatic carbocycles. The standard InChI is InChI=1S/C13H24F3N3O/c1-11(2)8-19(10-13(14,15)16)12(20)9-18-6-3-4-17-5-7-18/h11,17H,3-10H2,1-2H3. The van der Waals surface area contributed by atoms with Crippen molar-refractivity contribution in [3.8, 4) is 0 Å². The Balaban J connectivity index is 2.57. The summed E-state index contributed by atoms with van der Waals surface area (Å²) in [5, 5.41) is 3.20. The average molecular weight is 295 g/mol. The van der Waals surface area contributed by atoms with Crippen LogP contribution in [0.3, 0.4) is 0 Å². The first-order chi connectivity index (χ1) is 9.28. The number of carbonyl (C=O) groups is 1. The lowest BCUT2D eigenvalue weighted by molar-refractivity contribution is -0.162. The molecule has 0 radical (unpaired) electrons. The summed E-state index contributed by atoms with van der Waals surface area (Å²) in [5.74, 6) is -0.412. The molecule has 0 bridgehead atoms. The van der Waals surface area contributed by atoms with Crippen LogP contribution in [-0.4, -0.2) is 67.7 Å². The lowest BCUT2D eigenvalue weighted by atomic mass is 10.2. The van der Waals surface area contributed by atoms with Gasteiger partial charge in [0.15, 0.2) is 0 Å². The first-order valence-electron chi connectivity index (χ1n) is 7.05. The summed E-state index contributed by atoms with van der Waals surface area (Å²) in [6.45, 7) is 5.80. The Morgan fingerprint density at radius 3 is 2.60 bits per heavy atom. The van der Waals surface area contributed by atoms with Gasteiger partial charge in [0.25, 0.3) is 0 Å². The van der Waals surface area contributed by atoms with Gasteiger partial charge in [-0.1, -0.05) is 13.8 Å². The van der Waals surface area contributed by atoms with Crippen molar-refractivity contribution in [2.75, 3.05) is 45.8 Å². The van der Waals surface area contributed by atoms with Crippen LogP contribution >= 0.6 is 0 Å². The number of nitrogens with one attached hydrogen (secondary N) is 1. The molecule has 1 N–H and O–H groups in total. The van der Waals surface area contributed by atoms with Crippen molar-refractivity contribution < 1.29 is 18.0 Å². The van der Waals surface area contributed by atoms with Gasteiger partial charge in [-0.05, 0) is 25.4 Å². The van der Waals surface area contributed by atoms with Crippen LogP contribution < -0.4 is 5.32 Å². The van der Waals surface area contributed by atoms with Crippen LogP contribution in [0.25, 0.3) is 0 Å². The molecule has 118 valence electrons. The highest BCUT2D eigenvalue weighted by atomic mass is 19.4. The van der Waals surface area contributed by atoms with E-state index in [1.54, 1.807) is 0 Å². The van der Waals surface area contributed by atoms with E-state index in [2.05, 4.69) is 5.32 Å². The van der Waals surface area contributed by atoms with Crippen molar-refractivity contribution in [3.05, 3.63) is 0 Å². The highest BCUT2D eigenvalue weighted by Crippen LogP contribution is 2.17. The lowest BCUT2D eigenvalue weighted by Crippen LogP contribution is -2.46. The van der Waals surface area contributed by atoms with Crippen LogP contribution in [0, 0.1) is 5.92 Å². The SMILES string of the molecule is CC(C)CN(CC(F)(F)F)C(=O)CN1CCCNCC1. The molecule has 4 nitrogen and oxygen atoms in total. The Bertz CT molecular complexity index is 300. The summed E-state index contributed by atoms with van der Waals surface area (Å²) in [6, 6.07) is 0. The van der Waals surface area contributed by atoms with Crippen molar-refractivity contribution in [1.29, 1.82) is 0 Å². The third-order valence-corrected chi connectivity index (χ3v) is 3.10. The van der Waals surface area contributed by atoms with Crippen molar-refractivity contribution in [2.24, 2.45) is 5.92 Å². The molecule has 0 aromatic heterocycles. The Kier molecular flexibility index (Phi) is 6.75. The summed E-state index contributed by atoms with van der Waals surface area (Å²) >= 11 is 0. The first kappa shape index (κ1) is 17.2. The number of alkyl halides is 3. The van der Waals surface area contributed by atoms with Gasteiger partial charge < -0.3 is 10.2 Å². The van der Waals surface area contributed by atoms with Gasteiger partial charge in [0.2, 0.25) is 5.91 Å². The van der Waals surface area contributed by atoms with E-state index in [-0.39, 0.29) is 19.0 Å². The molecule has 0 aromatic rings. The minimum absolute atomic E-state index is 0.0205. The van der Waals surface area contributed by atoms with Crippen LogP contribution in [0.1, 0.15) is 20.3 Å². The van der Waals surface area contributed by atoms with E-state index < -0.39 is 18.6 Å². The van der Waals surface area contributed by atoms with Crippen molar-refractivity contribution in [2.45, 2.75) is 26.4 Å². The second-order valence-corrected chi connectivity index (χ2v) is 5.66. The topological polar surface area (TPSA) is 35.6 Å². The monoisotopic (exact) mass is 295 g/mol. The van der Waals surface area contributed by atoms with E-state index in [1.165, 1.54) is 0 Å². The number of hydrogen-bond donors (Lipinski definition) is 1. The molecule has 0 saturated carbocycles. The number of rotatable bonds is 5. The van der Waals surface area contributed by atoms with Gasteiger partial charge in [0.1, 0.15) is 6.54 Å². The Labute approximate surface area is 118 Å². The van der Waals surface area contributed by atoms with E-state index >= 15 is 0 Å². The highest BCUT2D eigenvalue weighted by Gasteiger charge is 2.33. The second kappa shape index (κ2) is 7.83. The fraction of sp³-hybridized carbons (Fsp3) is 0.923. The third kappa shape index (κ3) is 7.09. The highest BCUT2D eigenvalue weighted by molar-refractivity contribution is 5.78. The van der Waals surface area contributed by atoms with Crippen LogP contribution in [0.2, 0.25) is 0 Å². The van der Waals surface area contributed by atoms with Gasteiger partial charge in [0.05, 0.1) is 6.54 Å². The van der Waals surface area contributed by atoms with E-state index in [0.29, 0.717) is 6.54 Å². The maximum absolute atomic E-state index is 12.5.